The summed E-state index contributed by atoms with van der Waals surface area (Å²) in [5.74, 6) is 0.675. The first-order chi connectivity index (χ1) is 9.81. The highest BCUT2D eigenvalue weighted by atomic mass is 16.5. The van der Waals surface area contributed by atoms with Crippen LogP contribution in [0.4, 0.5) is 0 Å². The summed E-state index contributed by atoms with van der Waals surface area (Å²) in [6.45, 7) is 5.84. The summed E-state index contributed by atoms with van der Waals surface area (Å²) in [6, 6.07) is 0.271. The van der Waals surface area contributed by atoms with Gasteiger partial charge in [0.15, 0.2) is 0 Å². The van der Waals surface area contributed by atoms with Gasteiger partial charge in [-0.1, -0.05) is 6.92 Å². The molecule has 0 aromatic carbocycles. The van der Waals surface area contributed by atoms with Gasteiger partial charge in [-0.25, -0.2) is 0 Å². The van der Waals surface area contributed by atoms with E-state index in [1.54, 1.807) is 6.92 Å². The van der Waals surface area contributed by atoms with Gasteiger partial charge < -0.3 is 15.8 Å². The van der Waals surface area contributed by atoms with Crippen LogP contribution < -0.4 is 11.1 Å². The van der Waals surface area contributed by atoms with Gasteiger partial charge >= 0.3 is 0 Å². The van der Waals surface area contributed by atoms with Crippen molar-refractivity contribution >= 4 is 11.8 Å². The zero-order chi connectivity index (χ0) is 15.4. The number of primary amides is 1. The van der Waals surface area contributed by atoms with Crippen LogP contribution in [0.5, 0.6) is 0 Å². The molecule has 114 valence electrons. The predicted octanol–water partition coefficient (Wildman–Crippen LogP) is 1.40. The number of hydrogen-bond acceptors (Lipinski definition) is 3. The Morgan fingerprint density at radius 3 is 2.67 bits per heavy atom. The lowest BCUT2D eigenvalue weighted by Gasteiger charge is -2.31. The Labute approximate surface area is 124 Å². The summed E-state index contributed by atoms with van der Waals surface area (Å²) in [7, 11) is 0. The second-order valence-corrected chi connectivity index (χ2v) is 6.82. The van der Waals surface area contributed by atoms with Gasteiger partial charge in [-0.05, 0) is 44.3 Å². The molecule has 0 spiro atoms. The van der Waals surface area contributed by atoms with Gasteiger partial charge in [-0.15, -0.1) is 0 Å². The number of rotatable bonds is 3. The molecule has 0 aromatic heterocycles. The molecule has 5 nitrogen and oxygen atoms in total. The third-order valence-electron chi connectivity index (χ3n) is 4.77. The molecule has 3 N–H and O–H groups in total. The van der Waals surface area contributed by atoms with Gasteiger partial charge in [0.2, 0.25) is 11.8 Å². The van der Waals surface area contributed by atoms with Crippen LogP contribution in [-0.2, 0) is 14.3 Å². The Morgan fingerprint density at radius 2 is 2.10 bits per heavy atom. The molecule has 0 aromatic rings. The lowest BCUT2D eigenvalue weighted by atomic mass is 9.75. The predicted molar refractivity (Wildman–Crippen MR) is 77.9 cm³/mol. The first-order valence-corrected chi connectivity index (χ1v) is 7.53. The van der Waals surface area contributed by atoms with Gasteiger partial charge in [0, 0.05) is 18.0 Å². The molecule has 1 aliphatic heterocycles. The Bertz CT molecular complexity index is 578. The SMILES string of the molecule is CC1CC2=C(O1)C(C)(C(N)=O)CC(C(=O)N[C@H]1C[C@@H]1C)=C2. The molecule has 1 fully saturated rings. The van der Waals surface area contributed by atoms with Crippen molar-refractivity contribution in [3.05, 3.63) is 23.0 Å². The van der Waals surface area contributed by atoms with Crippen molar-refractivity contribution in [1.29, 1.82) is 0 Å². The van der Waals surface area contributed by atoms with Crippen molar-refractivity contribution in [1.82, 2.24) is 5.32 Å². The van der Waals surface area contributed by atoms with Gasteiger partial charge in [-0.2, -0.15) is 0 Å². The summed E-state index contributed by atoms with van der Waals surface area (Å²) in [4.78, 5) is 24.3. The molecular weight excluding hydrogens is 268 g/mol. The third kappa shape index (κ3) is 2.34. The maximum Gasteiger partial charge on any atom is 0.247 e. The summed E-state index contributed by atoms with van der Waals surface area (Å²) in [6.07, 6.45) is 3.96. The minimum Gasteiger partial charge on any atom is -0.493 e. The highest BCUT2D eigenvalue weighted by molar-refractivity contribution is 5.97. The Hall–Kier alpha value is -1.78. The Balaban J connectivity index is 1.87. The third-order valence-corrected chi connectivity index (χ3v) is 4.77. The molecule has 2 amide bonds. The molecule has 1 heterocycles. The van der Waals surface area contributed by atoms with E-state index in [4.69, 9.17) is 10.5 Å². The fourth-order valence-corrected chi connectivity index (χ4v) is 3.18. The van der Waals surface area contributed by atoms with Crippen molar-refractivity contribution in [2.75, 3.05) is 0 Å². The van der Waals surface area contributed by atoms with Crippen LogP contribution in [-0.4, -0.2) is 24.0 Å². The van der Waals surface area contributed by atoms with Crippen molar-refractivity contribution in [3.8, 4) is 0 Å². The van der Waals surface area contributed by atoms with E-state index in [1.807, 2.05) is 13.0 Å². The first kappa shape index (κ1) is 14.2. The molecule has 3 rings (SSSR count). The number of carbonyl (C=O) groups excluding carboxylic acids is 2. The van der Waals surface area contributed by atoms with Crippen molar-refractivity contribution in [2.24, 2.45) is 17.1 Å². The lowest BCUT2D eigenvalue weighted by Crippen LogP contribution is -2.41. The number of carbonyl (C=O) groups is 2. The van der Waals surface area contributed by atoms with Crippen LogP contribution >= 0.6 is 0 Å². The number of allylic oxidation sites excluding steroid dienone is 1. The summed E-state index contributed by atoms with van der Waals surface area (Å²) in [5, 5.41) is 3.02. The molecule has 5 heteroatoms. The molecule has 2 aliphatic carbocycles. The number of hydrogen-bond donors (Lipinski definition) is 2. The van der Waals surface area contributed by atoms with Gasteiger partial charge in [0.25, 0.3) is 0 Å². The maximum atomic E-state index is 12.4. The summed E-state index contributed by atoms with van der Waals surface area (Å²) >= 11 is 0. The largest absolute Gasteiger partial charge is 0.493 e. The molecule has 0 saturated heterocycles. The van der Waals surface area contributed by atoms with Crippen LogP contribution in [0, 0.1) is 11.3 Å². The number of ether oxygens (including phenoxy) is 1. The van der Waals surface area contributed by atoms with Gasteiger partial charge in [0.1, 0.15) is 11.2 Å². The minimum absolute atomic E-state index is 0.0239. The average Bonchev–Trinajstić information content (AvgIpc) is 2.94. The van der Waals surface area contributed by atoms with E-state index in [9.17, 15) is 9.59 Å². The monoisotopic (exact) mass is 290 g/mol. The van der Waals surface area contributed by atoms with Crippen molar-refractivity contribution in [2.45, 2.75) is 52.2 Å². The number of amides is 2. The molecule has 1 saturated carbocycles. The quantitative estimate of drug-likeness (QED) is 0.824. The molecule has 4 atom stereocenters. The van der Waals surface area contributed by atoms with Crippen molar-refractivity contribution < 1.29 is 14.3 Å². The normalized spacial score (nSPS) is 37.5. The minimum atomic E-state index is -0.920. The fraction of sp³-hybridized carbons (Fsp3) is 0.625. The highest BCUT2D eigenvalue weighted by Gasteiger charge is 2.46. The zero-order valence-corrected chi connectivity index (χ0v) is 12.7. The zero-order valence-electron chi connectivity index (χ0n) is 12.7. The summed E-state index contributed by atoms with van der Waals surface area (Å²) in [5.41, 5.74) is 6.23. The molecule has 0 radical (unpaired) electrons. The van der Waals surface area contributed by atoms with E-state index in [1.165, 1.54) is 0 Å². The van der Waals surface area contributed by atoms with E-state index in [2.05, 4.69) is 12.2 Å². The Kier molecular flexibility index (Phi) is 3.11. The van der Waals surface area contributed by atoms with Crippen LogP contribution in [0.25, 0.3) is 0 Å². The second kappa shape index (κ2) is 4.61. The molecule has 0 bridgehead atoms. The maximum absolute atomic E-state index is 12.4. The van der Waals surface area contributed by atoms with Gasteiger partial charge in [-0.3, -0.25) is 9.59 Å². The van der Waals surface area contributed by atoms with E-state index in [0.717, 1.165) is 18.4 Å². The van der Waals surface area contributed by atoms with Crippen LogP contribution in [0.15, 0.2) is 23.0 Å². The van der Waals surface area contributed by atoms with E-state index < -0.39 is 11.3 Å². The Morgan fingerprint density at radius 1 is 1.43 bits per heavy atom. The van der Waals surface area contributed by atoms with Crippen LogP contribution in [0.2, 0.25) is 0 Å². The first-order valence-electron chi connectivity index (χ1n) is 7.53. The standard InChI is InChI=1S/C16H22N2O3/c1-8-4-12(8)18-14(19)11-6-10-5-9(2)21-13(10)16(3,7-11)15(17)20/h6,8-9,12H,4-5,7H2,1-3H3,(H2,17,20)(H,18,19)/t8-,9?,12-,16?/m0/s1. The lowest BCUT2D eigenvalue weighted by molar-refractivity contribution is -0.127. The fourth-order valence-electron chi connectivity index (χ4n) is 3.18. The number of nitrogens with one attached hydrogen (secondary N) is 1. The topological polar surface area (TPSA) is 81.4 Å². The number of nitrogens with two attached hydrogens (primary N) is 1. The van der Waals surface area contributed by atoms with E-state index in [0.29, 0.717) is 23.7 Å². The van der Waals surface area contributed by atoms with Crippen LogP contribution in [0.3, 0.4) is 0 Å². The van der Waals surface area contributed by atoms with Crippen molar-refractivity contribution in [3.63, 3.8) is 0 Å². The van der Waals surface area contributed by atoms with E-state index >= 15 is 0 Å². The van der Waals surface area contributed by atoms with E-state index in [-0.39, 0.29) is 18.1 Å². The van der Waals surface area contributed by atoms with Crippen LogP contribution in [0.1, 0.15) is 40.0 Å². The molecule has 21 heavy (non-hydrogen) atoms. The second-order valence-electron chi connectivity index (χ2n) is 6.82. The molecule has 2 unspecified atom stereocenters. The van der Waals surface area contributed by atoms with Gasteiger partial charge in [0.05, 0.1) is 6.10 Å². The molecule has 3 aliphatic rings. The highest BCUT2D eigenvalue weighted by Crippen LogP contribution is 2.46. The molecular formula is C16H22N2O3. The smallest absolute Gasteiger partial charge is 0.247 e. The average molecular weight is 290 g/mol. The summed E-state index contributed by atoms with van der Waals surface area (Å²) < 4.78 is 5.78.